The highest BCUT2D eigenvalue weighted by Gasteiger charge is 2.25. The zero-order chi connectivity index (χ0) is 26.2. The highest BCUT2D eigenvalue weighted by atomic mass is 32.1. The van der Waals surface area contributed by atoms with Crippen LogP contribution in [0, 0.1) is 12.7 Å². The molecule has 190 valence electrons. The molecule has 8 nitrogen and oxygen atoms in total. The van der Waals surface area contributed by atoms with Gasteiger partial charge in [0.2, 0.25) is 0 Å². The van der Waals surface area contributed by atoms with Gasteiger partial charge in [0.05, 0.1) is 21.3 Å². The normalized spacial score (nSPS) is 11.5. The number of rotatable bonds is 9. The Hall–Kier alpha value is -4.31. The zero-order valence-electron chi connectivity index (χ0n) is 19.9. The molecule has 0 saturated heterocycles. The molecule has 0 bridgehead atoms. The molecule has 10 heteroatoms. The fraction of sp³-hybridized carbons (Fsp3) is 0.185. The fourth-order valence-electron chi connectivity index (χ4n) is 3.40. The van der Waals surface area contributed by atoms with E-state index in [0.717, 1.165) is 28.7 Å². The van der Waals surface area contributed by atoms with Crippen LogP contribution in [0.5, 0.6) is 0 Å². The maximum atomic E-state index is 13.8. The second kappa shape index (κ2) is 12.1. The smallest absolute Gasteiger partial charge is 0.408 e. The molecule has 4 aromatic rings. The van der Waals surface area contributed by atoms with Crippen LogP contribution in [0.25, 0.3) is 10.2 Å². The lowest BCUT2D eigenvalue weighted by atomic mass is 10.2. The molecule has 2 aromatic heterocycles. The van der Waals surface area contributed by atoms with E-state index in [1.54, 1.807) is 37.3 Å². The van der Waals surface area contributed by atoms with Crippen LogP contribution in [0.2, 0.25) is 0 Å². The lowest BCUT2D eigenvalue weighted by Crippen LogP contribution is -2.49. The summed E-state index contributed by atoms with van der Waals surface area (Å²) in [5, 5.41) is 5.10. The molecule has 0 saturated carbocycles. The minimum absolute atomic E-state index is 0.00229. The number of halogens is 1. The number of nitrogens with zero attached hydrogens (tertiary/aromatic N) is 1. The van der Waals surface area contributed by atoms with Crippen molar-refractivity contribution in [3.8, 4) is 0 Å². The van der Waals surface area contributed by atoms with Crippen LogP contribution in [0.1, 0.15) is 26.4 Å². The number of pyridine rings is 1. The summed E-state index contributed by atoms with van der Waals surface area (Å²) in [5.41, 5.74) is 2.44. The number of ether oxygens (including phenoxy) is 2. The Morgan fingerprint density at radius 1 is 0.973 bits per heavy atom. The number of amides is 2. The predicted octanol–water partition coefficient (Wildman–Crippen LogP) is 4.51. The monoisotopic (exact) mass is 521 g/mol. The molecule has 0 spiro atoms. The molecule has 0 aliphatic carbocycles. The lowest BCUT2D eigenvalue weighted by Gasteiger charge is -2.18. The van der Waals surface area contributed by atoms with Gasteiger partial charge >= 0.3 is 12.1 Å². The summed E-state index contributed by atoms with van der Waals surface area (Å²) >= 11 is 1.09. The van der Waals surface area contributed by atoms with Crippen molar-refractivity contribution < 1.29 is 28.2 Å². The maximum absolute atomic E-state index is 13.8. The Morgan fingerprint density at radius 2 is 1.59 bits per heavy atom. The van der Waals surface area contributed by atoms with E-state index in [-0.39, 0.29) is 19.8 Å². The Kier molecular flexibility index (Phi) is 8.42. The van der Waals surface area contributed by atoms with E-state index in [4.69, 9.17) is 9.47 Å². The molecule has 0 unspecified atom stereocenters. The first-order valence-corrected chi connectivity index (χ1v) is 12.2. The summed E-state index contributed by atoms with van der Waals surface area (Å²) in [6, 6.07) is 18.5. The average Bonchev–Trinajstić information content (AvgIpc) is 3.37. The first-order valence-electron chi connectivity index (χ1n) is 11.4. The van der Waals surface area contributed by atoms with Crippen molar-refractivity contribution in [1.82, 2.24) is 15.6 Å². The van der Waals surface area contributed by atoms with E-state index in [0.29, 0.717) is 20.7 Å². The van der Waals surface area contributed by atoms with Gasteiger partial charge in [-0.2, -0.15) is 0 Å². The highest BCUT2D eigenvalue weighted by molar-refractivity contribution is 7.21. The molecule has 0 aliphatic rings. The van der Waals surface area contributed by atoms with Crippen molar-refractivity contribution in [3.05, 3.63) is 100 Å². The van der Waals surface area contributed by atoms with Gasteiger partial charge < -0.3 is 20.1 Å². The first kappa shape index (κ1) is 25.8. The summed E-state index contributed by atoms with van der Waals surface area (Å²) in [4.78, 5) is 42.3. The Balaban J connectivity index is 1.41. The second-order valence-corrected chi connectivity index (χ2v) is 9.17. The number of aryl methyl sites for hydroxylation is 1. The molecular formula is C27H24FN3O5S. The van der Waals surface area contributed by atoms with E-state index in [9.17, 15) is 18.8 Å². The van der Waals surface area contributed by atoms with E-state index in [2.05, 4.69) is 15.6 Å². The third-order valence-electron chi connectivity index (χ3n) is 5.43. The average molecular weight is 522 g/mol. The number of thiophene rings is 1. The first-order chi connectivity index (χ1) is 17.9. The number of aromatic nitrogens is 1. The van der Waals surface area contributed by atoms with Crippen LogP contribution in [-0.2, 0) is 27.5 Å². The van der Waals surface area contributed by atoms with E-state index >= 15 is 0 Å². The van der Waals surface area contributed by atoms with Gasteiger partial charge in [0.1, 0.15) is 25.1 Å². The molecular weight excluding hydrogens is 497 g/mol. The topological polar surface area (TPSA) is 107 Å². The number of nitrogens with one attached hydrogen (secondary N) is 2. The Labute approximate surface area is 216 Å². The fourth-order valence-corrected chi connectivity index (χ4v) is 4.42. The van der Waals surface area contributed by atoms with Crippen molar-refractivity contribution in [2.24, 2.45) is 0 Å². The van der Waals surface area contributed by atoms with Crippen LogP contribution < -0.4 is 10.6 Å². The number of carbonyl (C=O) groups excluding carboxylic acids is 3. The largest absolute Gasteiger partial charge is 0.459 e. The van der Waals surface area contributed by atoms with Crippen molar-refractivity contribution in [3.63, 3.8) is 0 Å². The van der Waals surface area contributed by atoms with Crippen LogP contribution >= 0.6 is 11.3 Å². The van der Waals surface area contributed by atoms with Crippen LogP contribution in [-0.4, -0.2) is 35.5 Å². The third-order valence-corrected chi connectivity index (χ3v) is 6.67. The van der Waals surface area contributed by atoms with Crippen molar-refractivity contribution in [1.29, 1.82) is 0 Å². The molecule has 2 amide bonds. The minimum atomic E-state index is -1.21. The van der Waals surface area contributed by atoms with E-state index < -0.39 is 29.8 Å². The summed E-state index contributed by atoms with van der Waals surface area (Å²) in [6.45, 7) is 1.37. The van der Waals surface area contributed by atoms with Crippen LogP contribution in [0.4, 0.5) is 9.18 Å². The summed E-state index contributed by atoms with van der Waals surface area (Å²) in [6.07, 6.45) is 0.271. The molecule has 2 heterocycles. The second-order valence-electron chi connectivity index (χ2n) is 8.12. The van der Waals surface area contributed by atoms with Crippen LogP contribution in [0.15, 0.2) is 72.9 Å². The van der Waals surface area contributed by atoms with Crippen molar-refractivity contribution in [2.75, 3.05) is 6.54 Å². The minimum Gasteiger partial charge on any atom is -0.459 e. The summed E-state index contributed by atoms with van der Waals surface area (Å²) < 4.78 is 25.0. The molecule has 0 fully saturated rings. The van der Waals surface area contributed by atoms with Gasteiger partial charge in [-0.1, -0.05) is 60.7 Å². The number of alkyl carbamates (subject to hydrolysis) is 1. The van der Waals surface area contributed by atoms with E-state index in [1.165, 1.54) is 0 Å². The quantitative estimate of drug-likeness (QED) is 0.314. The molecule has 2 aromatic carbocycles. The van der Waals surface area contributed by atoms with Gasteiger partial charge in [0.15, 0.2) is 0 Å². The predicted molar refractivity (Wildman–Crippen MR) is 136 cm³/mol. The summed E-state index contributed by atoms with van der Waals surface area (Å²) in [5.74, 6) is -1.69. The highest BCUT2D eigenvalue weighted by Crippen LogP contribution is 2.28. The molecule has 37 heavy (non-hydrogen) atoms. The van der Waals surface area contributed by atoms with Crippen LogP contribution in [0.3, 0.4) is 0 Å². The number of benzene rings is 2. The zero-order valence-corrected chi connectivity index (χ0v) is 20.7. The number of esters is 1. The van der Waals surface area contributed by atoms with Crippen molar-refractivity contribution >= 4 is 39.5 Å². The Bertz CT molecular complexity index is 1400. The standard InChI is InChI=1S/C27H24FN3O5S/c1-17-20(28)13-29-21-12-23(37-24(17)21)25(32)30-14-22(26(33)35-15-18-8-4-2-5-9-18)31-27(34)36-16-19-10-6-3-7-11-19/h2-13,22H,14-16H2,1H3,(H,30,32)(H,31,34)/t22-/m1/s1. The lowest BCUT2D eigenvalue weighted by molar-refractivity contribution is -0.147. The molecule has 4 rings (SSSR count). The van der Waals surface area contributed by atoms with Crippen molar-refractivity contribution in [2.45, 2.75) is 26.2 Å². The number of carbonyl (C=O) groups is 3. The number of fused-ring (bicyclic) bond motifs is 1. The number of hydrogen-bond acceptors (Lipinski definition) is 7. The van der Waals surface area contributed by atoms with Gasteiger partial charge in [-0.15, -0.1) is 11.3 Å². The van der Waals surface area contributed by atoms with Gasteiger partial charge in [0, 0.05) is 12.1 Å². The van der Waals surface area contributed by atoms with Gasteiger partial charge in [0.25, 0.3) is 5.91 Å². The maximum Gasteiger partial charge on any atom is 0.408 e. The SMILES string of the molecule is Cc1c(F)cnc2cc(C(=O)NC[C@@H](NC(=O)OCc3ccccc3)C(=O)OCc3ccccc3)sc12. The molecule has 0 aliphatic heterocycles. The third kappa shape index (κ3) is 6.89. The Morgan fingerprint density at radius 3 is 2.24 bits per heavy atom. The molecule has 1 atom stereocenters. The summed E-state index contributed by atoms with van der Waals surface area (Å²) in [7, 11) is 0. The van der Waals surface area contributed by atoms with Gasteiger partial charge in [-0.3, -0.25) is 9.78 Å². The van der Waals surface area contributed by atoms with Gasteiger partial charge in [-0.25, -0.2) is 14.0 Å². The van der Waals surface area contributed by atoms with Gasteiger partial charge in [-0.05, 0) is 24.1 Å². The molecule has 0 radical (unpaired) electrons. The number of hydrogen-bond donors (Lipinski definition) is 2. The van der Waals surface area contributed by atoms with E-state index in [1.807, 2.05) is 36.4 Å². The molecule has 2 N–H and O–H groups in total.